The molecular weight excluding hydrogens is 336 g/mol. The summed E-state index contributed by atoms with van der Waals surface area (Å²) in [7, 11) is 0. The van der Waals surface area contributed by atoms with Gasteiger partial charge < -0.3 is 0 Å². The van der Waals surface area contributed by atoms with Gasteiger partial charge in [-0.2, -0.15) is 0 Å². The summed E-state index contributed by atoms with van der Waals surface area (Å²) in [6, 6.07) is 30.4. The molecule has 0 aliphatic heterocycles. The van der Waals surface area contributed by atoms with Crippen LogP contribution < -0.4 is 0 Å². The SMILES string of the molecule is Cc1ccc(/C=C/c2ccc3ccc(/C=C/c4ccc(C)cc4)cc3c2)cc1. The highest BCUT2D eigenvalue weighted by molar-refractivity contribution is 5.88. The summed E-state index contributed by atoms with van der Waals surface area (Å²) in [6.45, 7) is 4.23. The highest BCUT2D eigenvalue weighted by Gasteiger charge is 1.97. The van der Waals surface area contributed by atoms with E-state index in [4.69, 9.17) is 0 Å². The zero-order valence-electron chi connectivity index (χ0n) is 16.4. The van der Waals surface area contributed by atoms with Crippen molar-refractivity contribution in [2.45, 2.75) is 13.8 Å². The maximum absolute atomic E-state index is 2.25. The molecule has 0 nitrogen and oxygen atoms in total. The van der Waals surface area contributed by atoms with Crippen LogP contribution in [0.1, 0.15) is 33.4 Å². The van der Waals surface area contributed by atoms with Crippen LogP contribution in [-0.4, -0.2) is 0 Å². The number of rotatable bonds is 4. The molecule has 0 fully saturated rings. The average molecular weight is 361 g/mol. The van der Waals surface area contributed by atoms with Crippen molar-refractivity contribution in [3.63, 3.8) is 0 Å². The van der Waals surface area contributed by atoms with Gasteiger partial charge in [0.2, 0.25) is 0 Å². The number of benzene rings is 4. The Morgan fingerprint density at radius 3 is 1.18 bits per heavy atom. The van der Waals surface area contributed by atoms with Crippen molar-refractivity contribution in [3.8, 4) is 0 Å². The molecule has 0 saturated heterocycles. The molecule has 0 bridgehead atoms. The summed E-state index contributed by atoms with van der Waals surface area (Å²) in [5, 5.41) is 2.53. The molecule has 4 rings (SSSR count). The molecule has 0 unspecified atom stereocenters. The van der Waals surface area contributed by atoms with E-state index in [2.05, 4.69) is 123 Å². The van der Waals surface area contributed by atoms with Gasteiger partial charge >= 0.3 is 0 Å². The van der Waals surface area contributed by atoms with Crippen molar-refractivity contribution in [2.75, 3.05) is 0 Å². The first kappa shape index (κ1) is 18.0. The fourth-order valence-corrected chi connectivity index (χ4v) is 3.23. The second-order valence-corrected chi connectivity index (χ2v) is 7.35. The van der Waals surface area contributed by atoms with E-state index in [1.54, 1.807) is 0 Å². The molecule has 4 aromatic rings. The van der Waals surface area contributed by atoms with Crippen molar-refractivity contribution in [2.24, 2.45) is 0 Å². The number of fused-ring (bicyclic) bond motifs is 1. The summed E-state index contributed by atoms with van der Waals surface area (Å²) in [5.41, 5.74) is 7.45. The summed E-state index contributed by atoms with van der Waals surface area (Å²) in [5.74, 6) is 0. The smallest absolute Gasteiger partial charge is 0.0172 e. The predicted molar refractivity (Wildman–Crippen MR) is 124 cm³/mol. The predicted octanol–water partition coefficient (Wildman–Crippen LogP) is 7.80. The molecule has 136 valence electrons. The van der Waals surface area contributed by atoms with Crippen LogP contribution in [-0.2, 0) is 0 Å². The molecule has 0 heteroatoms. The molecule has 0 spiro atoms. The zero-order valence-corrected chi connectivity index (χ0v) is 16.4. The molecule has 0 atom stereocenters. The Labute approximate surface area is 167 Å². The number of hydrogen-bond acceptors (Lipinski definition) is 0. The third-order valence-electron chi connectivity index (χ3n) is 4.98. The zero-order chi connectivity index (χ0) is 19.3. The van der Waals surface area contributed by atoms with Crippen LogP contribution in [0.15, 0.2) is 84.9 Å². The second kappa shape index (κ2) is 8.10. The number of hydrogen-bond donors (Lipinski definition) is 0. The lowest BCUT2D eigenvalue weighted by molar-refractivity contribution is 1.46. The molecule has 0 aliphatic carbocycles. The highest BCUT2D eigenvalue weighted by Crippen LogP contribution is 2.21. The van der Waals surface area contributed by atoms with Gasteiger partial charge in [-0.25, -0.2) is 0 Å². The Morgan fingerprint density at radius 1 is 0.393 bits per heavy atom. The third-order valence-corrected chi connectivity index (χ3v) is 4.98. The quantitative estimate of drug-likeness (QED) is 0.326. The molecule has 28 heavy (non-hydrogen) atoms. The Bertz CT molecular complexity index is 1050. The lowest BCUT2D eigenvalue weighted by Gasteiger charge is -2.03. The standard InChI is InChI=1S/C28H24/c1-21-3-7-23(8-4-21)11-13-25-15-17-27-18-16-26(20-28(27)19-25)14-12-24-9-5-22(2)6-10-24/h3-20H,1-2H3/b13-11+,14-12+. The summed E-state index contributed by atoms with van der Waals surface area (Å²) < 4.78 is 0. The van der Waals surface area contributed by atoms with Gasteiger partial charge in [0, 0.05) is 0 Å². The van der Waals surface area contributed by atoms with E-state index >= 15 is 0 Å². The lowest BCUT2D eigenvalue weighted by atomic mass is 10.0. The maximum Gasteiger partial charge on any atom is -0.0172 e. The molecule has 0 aliphatic rings. The van der Waals surface area contributed by atoms with Gasteiger partial charge in [0.15, 0.2) is 0 Å². The van der Waals surface area contributed by atoms with Gasteiger partial charge in [-0.1, -0.05) is 108 Å². The van der Waals surface area contributed by atoms with Gasteiger partial charge in [0.25, 0.3) is 0 Å². The van der Waals surface area contributed by atoms with E-state index in [9.17, 15) is 0 Å². The topological polar surface area (TPSA) is 0 Å². The van der Waals surface area contributed by atoms with Gasteiger partial charge in [0.05, 0.1) is 0 Å². The van der Waals surface area contributed by atoms with Crippen molar-refractivity contribution < 1.29 is 0 Å². The van der Waals surface area contributed by atoms with Crippen LogP contribution in [0, 0.1) is 13.8 Å². The molecule has 0 aromatic heterocycles. The molecule has 0 saturated carbocycles. The Hall–Kier alpha value is -3.38. The van der Waals surface area contributed by atoms with E-state index in [1.165, 1.54) is 44.2 Å². The van der Waals surface area contributed by atoms with Crippen molar-refractivity contribution >= 4 is 35.1 Å². The normalized spacial score (nSPS) is 11.6. The Balaban J connectivity index is 1.57. The van der Waals surface area contributed by atoms with Crippen LogP contribution in [0.3, 0.4) is 0 Å². The van der Waals surface area contributed by atoms with E-state index in [0.717, 1.165) is 0 Å². The molecule has 0 radical (unpaired) electrons. The monoisotopic (exact) mass is 360 g/mol. The van der Waals surface area contributed by atoms with Crippen LogP contribution in [0.5, 0.6) is 0 Å². The second-order valence-electron chi connectivity index (χ2n) is 7.35. The largest absolute Gasteiger partial charge is 0.0587 e. The molecule has 0 amide bonds. The van der Waals surface area contributed by atoms with Gasteiger partial charge in [-0.05, 0) is 59.0 Å². The Morgan fingerprint density at radius 2 is 0.750 bits per heavy atom. The molecular formula is C28H24. The molecule has 4 aromatic carbocycles. The summed E-state index contributed by atoms with van der Waals surface area (Å²) >= 11 is 0. The van der Waals surface area contributed by atoms with Gasteiger partial charge in [0.1, 0.15) is 0 Å². The highest BCUT2D eigenvalue weighted by atomic mass is 14.0. The molecule has 0 N–H and O–H groups in total. The first-order valence-corrected chi connectivity index (χ1v) is 9.69. The van der Waals surface area contributed by atoms with Crippen LogP contribution >= 0.6 is 0 Å². The van der Waals surface area contributed by atoms with Crippen molar-refractivity contribution in [1.29, 1.82) is 0 Å². The van der Waals surface area contributed by atoms with Crippen LogP contribution in [0.25, 0.3) is 35.1 Å². The fourth-order valence-electron chi connectivity index (χ4n) is 3.23. The first-order valence-electron chi connectivity index (χ1n) is 9.69. The fraction of sp³-hybridized carbons (Fsp3) is 0.0714. The summed E-state index contributed by atoms with van der Waals surface area (Å²) in [4.78, 5) is 0. The van der Waals surface area contributed by atoms with Gasteiger partial charge in [-0.15, -0.1) is 0 Å². The Kier molecular flexibility index (Phi) is 5.21. The minimum Gasteiger partial charge on any atom is -0.0587 e. The average Bonchev–Trinajstić information content (AvgIpc) is 2.72. The van der Waals surface area contributed by atoms with Crippen LogP contribution in [0.2, 0.25) is 0 Å². The van der Waals surface area contributed by atoms with E-state index < -0.39 is 0 Å². The first-order chi connectivity index (χ1) is 13.7. The number of aryl methyl sites for hydroxylation is 2. The van der Waals surface area contributed by atoms with Crippen molar-refractivity contribution in [1.82, 2.24) is 0 Å². The third kappa shape index (κ3) is 4.47. The lowest BCUT2D eigenvalue weighted by Crippen LogP contribution is -1.79. The maximum atomic E-state index is 2.25. The van der Waals surface area contributed by atoms with E-state index in [0.29, 0.717) is 0 Å². The van der Waals surface area contributed by atoms with Gasteiger partial charge in [-0.3, -0.25) is 0 Å². The molecule has 0 heterocycles. The van der Waals surface area contributed by atoms with Crippen molar-refractivity contribution in [3.05, 3.63) is 118 Å². The van der Waals surface area contributed by atoms with Crippen LogP contribution in [0.4, 0.5) is 0 Å². The minimum atomic E-state index is 1.22. The van der Waals surface area contributed by atoms with E-state index in [-0.39, 0.29) is 0 Å². The summed E-state index contributed by atoms with van der Waals surface area (Å²) in [6.07, 6.45) is 8.70. The van der Waals surface area contributed by atoms with E-state index in [1.807, 2.05) is 0 Å². The minimum absolute atomic E-state index is 1.22.